The summed E-state index contributed by atoms with van der Waals surface area (Å²) >= 11 is 5.90. The summed E-state index contributed by atoms with van der Waals surface area (Å²) in [5, 5.41) is 0.634. The Bertz CT molecular complexity index is 613. The first-order valence-corrected chi connectivity index (χ1v) is 8.94. The average Bonchev–Trinajstić information content (AvgIpc) is 2.97. The molecule has 0 saturated carbocycles. The van der Waals surface area contributed by atoms with Gasteiger partial charge in [0.05, 0.1) is 5.92 Å². The smallest absolute Gasteiger partial charge is 0.228 e. The molecule has 0 bridgehead atoms. The van der Waals surface area contributed by atoms with E-state index in [1.807, 2.05) is 24.0 Å². The van der Waals surface area contributed by atoms with Crippen molar-refractivity contribution in [2.75, 3.05) is 24.5 Å². The largest absolute Gasteiger partial charge is 0.342 e. The minimum Gasteiger partial charge on any atom is -0.342 e. The van der Waals surface area contributed by atoms with E-state index in [1.54, 1.807) is 17.0 Å². The summed E-state index contributed by atoms with van der Waals surface area (Å²) in [7, 11) is 0. The Morgan fingerprint density at radius 2 is 1.84 bits per heavy atom. The van der Waals surface area contributed by atoms with Crippen LogP contribution in [0.4, 0.5) is 5.69 Å². The Hall–Kier alpha value is -1.30. The summed E-state index contributed by atoms with van der Waals surface area (Å²) in [6.45, 7) is 3.97. The van der Waals surface area contributed by atoms with Gasteiger partial charge in [-0.15, -0.1) is 12.4 Å². The van der Waals surface area contributed by atoms with Gasteiger partial charge in [-0.1, -0.05) is 11.6 Å². The quantitative estimate of drug-likeness (QED) is 0.869. The third-order valence-electron chi connectivity index (χ3n) is 5.21. The minimum atomic E-state index is -0.250. The standard InChI is InChI=1S/C18H24ClN3O2.ClH/c1-12(20)13-6-8-21(9-7-13)18(24)14-10-17(23)22(11-14)16-4-2-15(19)3-5-16;/h2-5,12-14H,6-11,20H2,1H3;1H. The molecule has 2 atom stereocenters. The van der Waals surface area contributed by atoms with Crippen LogP contribution in [0.25, 0.3) is 0 Å². The van der Waals surface area contributed by atoms with E-state index in [-0.39, 0.29) is 42.6 Å². The molecule has 0 aliphatic carbocycles. The molecule has 5 nitrogen and oxygen atoms in total. The van der Waals surface area contributed by atoms with Crippen molar-refractivity contribution in [3.8, 4) is 0 Å². The highest BCUT2D eigenvalue weighted by molar-refractivity contribution is 6.30. The molecule has 138 valence electrons. The summed E-state index contributed by atoms with van der Waals surface area (Å²) in [5.41, 5.74) is 6.76. The SMILES string of the molecule is CC(N)C1CCN(C(=O)C2CC(=O)N(c3ccc(Cl)cc3)C2)CC1.Cl. The van der Waals surface area contributed by atoms with Gasteiger partial charge in [0.15, 0.2) is 0 Å². The molecule has 7 heteroatoms. The lowest BCUT2D eigenvalue weighted by atomic mass is 9.90. The van der Waals surface area contributed by atoms with Crippen LogP contribution in [-0.2, 0) is 9.59 Å². The highest BCUT2D eigenvalue weighted by Gasteiger charge is 2.38. The lowest BCUT2D eigenvalue weighted by Crippen LogP contribution is -2.45. The van der Waals surface area contributed by atoms with Crippen LogP contribution in [0.3, 0.4) is 0 Å². The van der Waals surface area contributed by atoms with Crippen molar-refractivity contribution < 1.29 is 9.59 Å². The monoisotopic (exact) mass is 385 g/mol. The van der Waals surface area contributed by atoms with Crippen molar-refractivity contribution in [3.05, 3.63) is 29.3 Å². The van der Waals surface area contributed by atoms with E-state index in [4.69, 9.17) is 17.3 Å². The number of piperidine rings is 1. The number of nitrogens with zero attached hydrogens (tertiary/aromatic N) is 2. The number of nitrogens with two attached hydrogens (primary N) is 1. The van der Waals surface area contributed by atoms with Crippen LogP contribution in [0.1, 0.15) is 26.2 Å². The van der Waals surface area contributed by atoms with Crippen LogP contribution >= 0.6 is 24.0 Å². The molecule has 0 radical (unpaired) electrons. The molecule has 2 aliphatic heterocycles. The van der Waals surface area contributed by atoms with Crippen LogP contribution in [0.2, 0.25) is 5.02 Å². The third kappa shape index (κ3) is 4.46. The summed E-state index contributed by atoms with van der Waals surface area (Å²) in [5.74, 6) is 0.342. The highest BCUT2D eigenvalue weighted by atomic mass is 35.5. The number of anilines is 1. The van der Waals surface area contributed by atoms with Crippen LogP contribution < -0.4 is 10.6 Å². The molecule has 2 saturated heterocycles. The van der Waals surface area contributed by atoms with Gasteiger partial charge in [-0.25, -0.2) is 0 Å². The Kier molecular flexibility index (Phi) is 6.72. The maximum absolute atomic E-state index is 12.7. The topological polar surface area (TPSA) is 66.6 Å². The first-order chi connectivity index (χ1) is 11.5. The highest BCUT2D eigenvalue weighted by Crippen LogP contribution is 2.29. The van der Waals surface area contributed by atoms with Crippen molar-refractivity contribution in [2.24, 2.45) is 17.6 Å². The predicted molar refractivity (Wildman–Crippen MR) is 102 cm³/mol. The van der Waals surface area contributed by atoms with E-state index in [0.717, 1.165) is 31.6 Å². The van der Waals surface area contributed by atoms with Crippen LogP contribution in [0.5, 0.6) is 0 Å². The Morgan fingerprint density at radius 1 is 1.24 bits per heavy atom. The number of hydrogen-bond acceptors (Lipinski definition) is 3. The van der Waals surface area contributed by atoms with Gasteiger partial charge in [-0.2, -0.15) is 0 Å². The molecule has 2 N–H and O–H groups in total. The maximum Gasteiger partial charge on any atom is 0.228 e. The molecule has 3 rings (SSSR count). The fraction of sp³-hybridized carbons (Fsp3) is 0.556. The third-order valence-corrected chi connectivity index (χ3v) is 5.46. The summed E-state index contributed by atoms with van der Waals surface area (Å²) in [6.07, 6.45) is 2.19. The number of rotatable bonds is 3. The van der Waals surface area contributed by atoms with E-state index >= 15 is 0 Å². The van der Waals surface area contributed by atoms with Gasteiger partial charge in [0.1, 0.15) is 0 Å². The van der Waals surface area contributed by atoms with Gasteiger partial charge >= 0.3 is 0 Å². The lowest BCUT2D eigenvalue weighted by molar-refractivity contribution is -0.137. The number of likely N-dealkylation sites (tertiary alicyclic amines) is 1. The molecular weight excluding hydrogens is 361 g/mol. The number of benzene rings is 1. The van der Waals surface area contributed by atoms with E-state index in [2.05, 4.69) is 0 Å². The van der Waals surface area contributed by atoms with Gasteiger partial charge in [0.25, 0.3) is 0 Å². The van der Waals surface area contributed by atoms with Gasteiger partial charge in [-0.05, 0) is 49.9 Å². The van der Waals surface area contributed by atoms with Gasteiger partial charge in [0, 0.05) is 42.8 Å². The first kappa shape index (κ1) is 20.0. The van der Waals surface area contributed by atoms with E-state index in [0.29, 0.717) is 17.5 Å². The molecule has 2 aliphatic rings. The molecule has 2 fully saturated rings. The number of amides is 2. The normalized spacial score (nSPS) is 22.7. The second-order valence-electron chi connectivity index (χ2n) is 6.90. The van der Waals surface area contributed by atoms with Crippen molar-refractivity contribution in [1.82, 2.24) is 4.90 Å². The van der Waals surface area contributed by atoms with Crippen LogP contribution in [0.15, 0.2) is 24.3 Å². The molecule has 0 spiro atoms. The van der Waals surface area contributed by atoms with Gasteiger partial charge < -0.3 is 15.5 Å². The average molecular weight is 386 g/mol. The zero-order valence-corrected chi connectivity index (χ0v) is 15.9. The van der Waals surface area contributed by atoms with Crippen LogP contribution in [0, 0.1) is 11.8 Å². The Morgan fingerprint density at radius 3 is 2.40 bits per heavy atom. The number of hydrogen-bond donors (Lipinski definition) is 1. The minimum absolute atomic E-state index is 0. The Balaban J connectivity index is 0.00000225. The second-order valence-corrected chi connectivity index (χ2v) is 7.34. The molecule has 25 heavy (non-hydrogen) atoms. The van der Waals surface area contributed by atoms with Gasteiger partial charge in [-0.3, -0.25) is 9.59 Å². The molecule has 2 unspecified atom stereocenters. The van der Waals surface area contributed by atoms with Gasteiger partial charge in [0.2, 0.25) is 11.8 Å². The summed E-state index contributed by atoms with van der Waals surface area (Å²) in [6, 6.07) is 7.34. The molecule has 1 aromatic rings. The summed E-state index contributed by atoms with van der Waals surface area (Å²) in [4.78, 5) is 28.6. The predicted octanol–water partition coefficient (Wildman–Crippen LogP) is 2.70. The summed E-state index contributed by atoms with van der Waals surface area (Å²) < 4.78 is 0. The number of halogens is 2. The lowest BCUT2D eigenvalue weighted by Gasteiger charge is -2.35. The zero-order valence-electron chi connectivity index (χ0n) is 14.4. The first-order valence-electron chi connectivity index (χ1n) is 8.56. The van der Waals surface area contributed by atoms with E-state index in [1.165, 1.54) is 0 Å². The van der Waals surface area contributed by atoms with Crippen molar-refractivity contribution in [1.29, 1.82) is 0 Å². The van der Waals surface area contributed by atoms with E-state index in [9.17, 15) is 9.59 Å². The fourth-order valence-electron chi connectivity index (χ4n) is 3.65. The second kappa shape index (κ2) is 8.39. The molecular formula is C18H25Cl2N3O2. The number of carbonyl (C=O) groups is 2. The molecule has 0 aromatic heterocycles. The Labute approximate surface area is 159 Å². The van der Waals surface area contributed by atoms with E-state index < -0.39 is 0 Å². The van der Waals surface area contributed by atoms with Crippen molar-refractivity contribution in [2.45, 2.75) is 32.2 Å². The molecule has 2 heterocycles. The fourth-order valence-corrected chi connectivity index (χ4v) is 3.77. The van der Waals surface area contributed by atoms with Crippen molar-refractivity contribution in [3.63, 3.8) is 0 Å². The maximum atomic E-state index is 12.7. The molecule has 2 amide bonds. The zero-order chi connectivity index (χ0) is 17.3. The van der Waals surface area contributed by atoms with Crippen molar-refractivity contribution >= 4 is 41.5 Å². The molecule has 1 aromatic carbocycles. The number of carbonyl (C=O) groups excluding carboxylic acids is 2. The van der Waals surface area contributed by atoms with Crippen LogP contribution in [-0.4, -0.2) is 42.4 Å².